The molecule has 2 N–H and O–H groups in total. The summed E-state index contributed by atoms with van der Waals surface area (Å²) in [5.74, 6) is -0.571. The van der Waals surface area contributed by atoms with Crippen LogP contribution in [0.25, 0.3) is 0 Å². The fraction of sp³-hybridized carbons (Fsp3) is 0.474. The predicted molar refractivity (Wildman–Crippen MR) is 102 cm³/mol. The zero-order valence-corrected chi connectivity index (χ0v) is 16.6. The molecule has 5 amide bonds. The van der Waals surface area contributed by atoms with E-state index in [9.17, 15) is 19.2 Å². The lowest BCUT2D eigenvalue weighted by molar-refractivity contribution is -0.135. The molecular formula is C19H26N4O5. The van der Waals surface area contributed by atoms with E-state index in [-0.39, 0.29) is 12.5 Å². The van der Waals surface area contributed by atoms with Crippen molar-refractivity contribution in [3.63, 3.8) is 0 Å². The Hall–Kier alpha value is -3.10. The van der Waals surface area contributed by atoms with E-state index in [4.69, 9.17) is 4.74 Å². The summed E-state index contributed by atoms with van der Waals surface area (Å²) in [4.78, 5) is 50.6. The zero-order chi connectivity index (χ0) is 20.9. The molecule has 0 radical (unpaired) electrons. The summed E-state index contributed by atoms with van der Waals surface area (Å²) < 4.78 is 5.12. The molecule has 9 heteroatoms. The molecule has 1 aliphatic heterocycles. The second-order valence-electron chi connectivity index (χ2n) is 7.07. The number of methoxy groups -OCH3 is 1. The number of hydrogen-bond donors (Lipinski definition) is 2. The Balaban J connectivity index is 1.93. The number of likely N-dealkylation sites (N-methyl/N-ethyl adjacent to an activating group) is 1. The lowest BCUT2D eigenvalue weighted by atomic mass is 9.93. The summed E-state index contributed by atoms with van der Waals surface area (Å²) in [7, 11) is 4.73. The number of imide groups is 1. The van der Waals surface area contributed by atoms with Gasteiger partial charge in [-0.1, -0.05) is 12.1 Å². The quantitative estimate of drug-likeness (QED) is 0.614. The molecule has 1 aromatic carbocycles. The first-order valence-corrected chi connectivity index (χ1v) is 8.90. The molecule has 0 aromatic heterocycles. The number of rotatable bonds is 8. The number of hydrogen-bond acceptors (Lipinski definition) is 5. The Morgan fingerprint density at radius 3 is 2.43 bits per heavy atom. The van der Waals surface area contributed by atoms with Crippen LogP contribution >= 0.6 is 0 Å². The smallest absolute Gasteiger partial charge is 0.325 e. The lowest BCUT2D eigenvalue weighted by Gasteiger charge is -2.21. The second kappa shape index (κ2) is 8.73. The van der Waals surface area contributed by atoms with E-state index in [2.05, 4.69) is 10.6 Å². The van der Waals surface area contributed by atoms with Gasteiger partial charge in [-0.25, -0.2) is 4.79 Å². The van der Waals surface area contributed by atoms with Crippen LogP contribution in [-0.4, -0.2) is 73.4 Å². The number of urea groups is 1. The van der Waals surface area contributed by atoms with Crippen LogP contribution in [0.15, 0.2) is 24.3 Å². The van der Waals surface area contributed by atoms with Gasteiger partial charge in [-0.2, -0.15) is 0 Å². The number of nitrogens with zero attached hydrogens (tertiary/aromatic N) is 2. The Labute approximate surface area is 164 Å². The average molecular weight is 390 g/mol. The van der Waals surface area contributed by atoms with Crippen LogP contribution in [0.3, 0.4) is 0 Å². The third kappa shape index (κ3) is 4.99. The molecule has 9 nitrogen and oxygen atoms in total. The standard InChI is InChI=1S/C19H26N4O5/c1-19(10-9-13-5-7-14(28-4)8-6-13)17(26)23(18(27)21-19)12-15(24)20-11-16(25)22(2)3/h5-8H,9-12H2,1-4H3,(H,20,24)(H,21,27)/t19-/m1/s1. The van der Waals surface area contributed by atoms with Gasteiger partial charge in [0.1, 0.15) is 17.8 Å². The summed E-state index contributed by atoms with van der Waals surface area (Å²) in [6.07, 6.45) is 0.963. The summed E-state index contributed by atoms with van der Waals surface area (Å²) in [5.41, 5.74) is -0.0843. The summed E-state index contributed by atoms with van der Waals surface area (Å²) >= 11 is 0. The molecule has 1 saturated heterocycles. The number of aryl methyl sites for hydroxylation is 1. The van der Waals surface area contributed by atoms with Gasteiger partial charge in [0.15, 0.2) is 0 Å². The van der Waals surface area contributed by atoms with E-state index < -0.39 is 29.9 Å². The maximum atomic E-state index is 12.7. The topological polar surface area (TPSA) is 108 Å². The maximum Gasteiger partial charge on any atom is 0.325 e. The highest BCUT2D eigenvalue weighted by Gasteiger charge is 2.47. The molecule has 152 valence electrons. The van der Waals surface area contributed by atoms with Crippen LogP contribution in [0, 0.1) is 0 Å². The third-order valence-corrected chi connectivity index (χ3v) is 4.66. The molecule has 0 bridgehead atoms. The van der Waals surface area contributed by atoms with Crippen molar-refractivity contribution in [1.29, 1.82) is 0 Å². The van der Waals surface area contributed by atoms with Gasteiger partial charge in [0.25, 0.3) is 5.91 Å². The van der Waals surface area contributed by atoms with Crippen molar-refractivity contribution in [3.8, 4) is 5.75 Å². The molecule has 0 aliphatic carbocycles. The Kier molecular flexibility index (Phi) is 6.61. The lowest BCUT2D eigenvalue weighted by Crippen LogP contribution is -2.46. The van der Waals surface area contributed by atoms with Gasteiger partial charge in [-0.15, -0.1) is 0 Å². The Morgan fingerprint density at radius 2 is 1.86 bits per heavy atom. The minimum Gasteiger partial charge on any atom is -0.497 e. The minimum absolute atomic E-state index is 0.190. The first kappa shape index (κ1) is 21.2. The van der Waals surface area contributed by atoms with E-state index in [0.29, 0.717) is 12.8 Å². The first-order valence-electron chi connectivity index (χ1n) is 8.90. The van der Waals surface area contributed by atoms with Gasteiger partial charge in [-0.05, 0) is 37.5 Å². The van der Waals surface area contributed by atoms with E-state index >= 15 is 0 Å². The highest BCUT2D eigenvalue weighted by molar-refractivity contribution is 6.08. The van der Waals surface area contributed by atoms with Gasteiger partial charge >= 0.3 is 6.03 Å². The molecule has 0 spiro atoms. The number of nitrogens with one attached hydrogen (secondary N) is 2. The van der Waals surface area contributed by atoms with Crippen LogP contribution in [0.1, 0.15) is 18.9 Å². The van der Waals surface area contributed by atoms with Crippen LogP contribution in [0.4, 0.5) is 4.79 Å². The molecular weight excluding hydrogens is 364 g/mol. The van der Waals surface area contributed by atoms with Crippen molar-refractivity contribution in [2.75, 3.05) is 34.3 Å². The van der Waals surface area contributed by atoms with Gasteiger partial charge in [0, 0.05) is 14.1 Å². The van der Waals surface area contributed by atoms with Crippen molar-refractivity contribution in [2.45, 2.75) is 25.3 Å². The van der Waals surface area contributed by atoms with Gasteiger partial charge in [0.2, 0.25) is 11.8 Å². The largest absolute Gasteiger partial charge is 0.497 e. The van der Waals surface area contributed by atoms with Crippen molar-refractivity contribution in [1.82, 2.24) is 20.4 Å². The fourth-order valence-corrected chi connectivity index (χ4v) is 2.78. The number of carbonyl (C=O) groups excluding carboxylic acids is 4. The van der Waals surface area contributed by atoms with Crippen molar-refractivity contribution >= 4 is 23.8 Å². The Morgan fingerprint density at radius 1 is 1.21 bits per heavy atom. The van der Waals surface area contributed by atoms with Crippen molar-refractivity contribution < 1.29 is 23.9 Å². The summed E-state index contributed by atoms with van der Waals surface area (Å²) in [5, 5.41) is 5.08. The predicted octanol–water partition coefficient (Wildman–Crippen LogP) is 0.143. The average Bonchev–Trinajstić information content (AvgIpc) is 2.88. The number of amides is 5. The number of carbonyl (C=O) groups is 4. The van der Waals surface area contributed by atoms with Crippen LogP contribution in [0.5, 0.6) is 5.75 Å². The van der Waals surface area contributed by atoms with E-state index in [1.807, 2.05) is 24.3 Å². The second-order valence-corrected chi connectivity index (χ2v) is 7.07. The SMILES string of the molecule is COc1ccc(CC[C@@]2(C)NC(=O)N(CC(=O)NCC(=O)N(C)C)C2=O)cc1. The molecule has 28 heavy (non-hydrogen) atoms. The van der Waals surface area contributed by atoms with E-state index in [1.165, 1.54) is 4.90 Å². The van der Waals surface area contributed by atoms with Crippen LogP contribution in [-0.2, 0) is 20.8 Å². The summed E-state index contributed by atoms with van der Waals surface area (Å²) in [6.45, 7) is 1.03. The monoisotopic (exact) mass is 390 g/mol. The van der Waals surface area contributed by atoms with Gasteiger partial charge in [0.05, 0.1) is 13.7 Å². The molecule has 0 unspecified atom stereocenters. The van der Waals surface area contributed by atoms with Crippen LogP contribution < -0.4 is 15.4 Å². The highest BCUT2D eigenvalue weighted by Crippen LogP contribution is 2.23. The normalized spacial score (nSPS) is 18.6. The van der Waals surface area contributed by atoms with Crippen LogP contribution in [0.2, 0.25) is 0 Å². The molecule has 1 aromatic rings. The minimum atomic E-state index is -1.09. The van der Waals surface area contributed by atoms with Crippen molar-refractivity contribution in [2.24, 2.45) is 0 Å². The van der Waals surface area contributed by atoms with Gasteiger partial charge < -0.3 is 20.3 Å². The zero-order valence-electron chi connectivity index (χ0n) is 16.6. The van der Waals surface area contributed by atoms with E-state index in [1.54, 1.807) is 28.1 Å². The Bertz CT molecular complexity index is 762. The van der Waals surface area contributed by atoms with E-state index in [0.717, 1.165) is 16.2 Å². The number of benzene rings is 1. The fourth-order valence-electron chi connectivity index (χ4n) is 2.78. The van der Waals surface area contributed by atoms with Crippen molar-refractivity contribution in [3.05, 3.63) is 29.8 Å². The first-order chi connectivity index (χ1) is 13.2. The maximum absolute atomic E-state index is 12.7. The molecule has 0 saturated carbocycles. The summed E-state index contributed by atoms with van der Waals surface area (Å²) in [6, 6.07) is 6.85. The van der Waals surface area contributed by atoms with Gasteiger partial charge in [-0.3, -0.25) is 19.3 Å². The molecule has 1 fully saturated rings. The molecule has 1 aliphatic rings. The molecule has 1 heterocycles. The number of ether oxygens (including phenoxy) is 1. The third-order valence-electron chi connectivity index (χ3n) is 4.66. The molecule has 2 rings (SSSR count). The molecule has 1 atom stereocenters. The highest BCUT2D eigenvalue weighted by atomic mass is 16.5.